The number of hydrogen-bond donors (Lipinski definition) is 1. The molecule has 1 heterocycles. The Morgan fingerprint density at radius 1 is 1.21 bits per heavy atom. The summed E-state index contributed by atoms with van der Waals surface area (Å²) in [7, 11) is 0. The average Bonchev–Trinajstić information content (AvgIpc) is 2.24. The normalized spacial score (nSPS) is 17.9. The molecule has 19 heavy (non-hydrogen) atoms. The van der Waals surface area contributed by atoms with Crippen LogP contribution in [0.1, 0.15) is 13.8 Å². The van der Waals surface area contributed by atoms with Crippen molar-refractivity contribution in [3.63, 3.8) is 0 Å². The Morgan fingerprint density at radius 2 is 1.79 bits per heavy atom. The number of fused-ring (bicyclic) bond motifs is 1. The molecule has 0 aromatic heterocycles. The highest BCUT2D eigenvalue weighted by atomic mass is 19.4. The molecule has 1 aliphatic rings. The zero-order valence-electron chi connectivity index (χ0n) is 10.4. The minimum Gasteiger partial charge on any atom is -0.381 e. The van der Waals surface area contributed by atoms with E-state index in [2.05, 4.69) is 5.32 Å². The van der Waals surface area contributed by atoms with Gasteiger partial charge in [-0.15, -0.1) is 0 Å². The van der Waals surface area contributed by atoms with E-state index in [-0.39, 0.29) is 17.9 Å². The van der Waals surface area contributed by atoms with E-state index in [0.717, 1.165) is 17.0 Å². The van der Waals surface area contributed by atoms with E-state index in [9.17, 15) is 22.0 Å². The molecular formula is C12H13F5N2. The second kappa shape index (κ2) is 4.25. The molecular weight excluding hydrogens is 267 g/mol. The first-order chi connectivity index (χ1) is 8.60. The van der Waals surface area contributed by atoms with Crippen molar-refractivity contribution in [1.29, 1.82) is 0 Å². The Kier molecular flexibility index (Phi) is 3.10. The van der Waals surface area contributed by atoms with Gasteiger partial charge in [0.2, 0.25) is 0 Å². The molecule has 0 saturated carbocycles. The van der Waals surface area contributed by atoms with Gasteiger partial charge in [0, 0.05) is 18.7 Å². The van der Waals surface area contributed by atoms with Gasteiger partial charge in [-0.05, 0) is 13.8 Å². The van der Waals surface area contributed by atoms with Crippen molar-refractivity contribution in [1.82, 2.24) is 0 Å². The van der Waals surface area contributed by atoms with Gasteiger partial charge in [-0.25, -0.2) is 8.78 Å². The van der Waals surface area contributed by atoms with Gasteiger partial charge in [-0.3, -0.25) is 0 Å². The number of alkyl halides is 3. The minimum atomic E-state index is -4.42. The lowest BCUT2D eigenvalue weighted by atomic mass is 9.97. The van der Waals surface area contributed by atoms with Crippen LogP contribution in [0, 0.1) is 11.6 Å². The van der Waals surface area contributed by atoms with Crippen molar-refractivity contribution in [2.45, 2.75) is 25.6 Å². The molecule has 0 fully saturated rings. The second-order valence-electron chi connectivity index (χ2n) is 5.15. The van der Waals surface area contributed by atoms with Crippen LogP contribution >= 0.6 is 0 Å². The highest BCUT2D eigenvalue weighted by Crippen LogP contribution is 2.39. The number of anilines is 2. The van der Waals surface area contributed by atoms with Crippen LogP contribution in [0.25, 0.3) is 0 Å². The molecule has 0 aliphatic carbocycles. The molecule has 7 heteroatoms. The largest absolute Gasteiger partial charge is 0.405 e. The van der Waals surface area contributed by atoms with Gasteiger partial charge in [0.1, 0.15) is 6.54 Å². The Morgan fingerprint density at radius 3 is 2.37 bits per heavy atom. The van der Waals surface area contributed by atoms with Crippen LogP contribution in [0.4, 0.5) is 33.3 Å². The predicted molar refractivity (Wildman–Crippen MR) is 62.3 cm³/mol. The minimum absolute atomic E-state index is 0.0208. The Hall–Kier alpha value is -1.53. The first-order valence-corrected chi connectivity index (χ1v) is 5.67. The third-order valence-electron chi connectivity index (χ3n) is 3.11. The molecule has 2 nitrogen and oxygen atoms in total. The summed E-state index contributed by atoms with van der Waals surface area (Å²) in [6, 6.07) is 1.67. The fourth-order valence-electron chi connectivity index (χ4n) is 2.11. The third-order valence-corrected chi connectivity index (χ3v) is 3.11. The lowest BCUT2D eigenvalue weighted by Crippen LogP contribution is -2.55. The molecule has 1 aromatic rings. The van der Waals surface area contributed by atoms with E-state index in [1.165, 1.54) is 0 Å². The fourth-order valence-corrected chi connectivity index (χ4v) is 2.11. The first-order valence-electron chi connectivity index (χ1n) is 5.67. The summed E-state index contributed by atoms with van der Waals surface area (Å²) < 4.78 is 64.2. The summed E-state index contributed by atoms with van der Waals surface area (Å²) in [5.74, 6) is -2.25. The third kappa shape index (κ3) is 2.74. The highest BCUT2D eigenvalue weighted by Gasteiger charge is 2.40. The van der Waals surface area contributed by atoms with E-state index in [4.69, 9.17) is 0 Å². The summed E-state index contributed by atoms with van der Waals surface area (Å²) in [5.41, 5.74) is -0.665. The fraction of sp³-hybridized carbons (Fsp3) is 0.500. The molecule has 0 spiro atoms. The molecule has 0 atom stereocenters. The van der Waals surface area contributed by atoms with E-state index < -0.39 is 29.9 Å². The van der Waals surface area contributed by atoms with E-state index in [1.807, 2.05) is 0 Å². The molecule has 0 saturated heterocycles. The highest BCUT2D eigenvalue weighted by molar-refractivity contribution is 5.74. The Labute approximate surface area is 107 Å². The first kappa shape index (κ1) is 13.9. The van der Waals surface area contributed by atoms with E-state index in [0.29, 0.717) is 0 Å². The predicted octanol–water partition coefficient (Wildman–Crippen LogP) is 3.54. The molecule has 0 bridgehead atoms. The van der Waals surface area contributed by atoms with Gasteiger partial charge < -0.3 is 10.2 Å². The number of benzene rings is 1. The molecule has 0 unspecified atom stereocenters. The molecule has 1 N–H and O–H groups in total. The van der Waals surface area contributed by atoms with Gasteiger partial charge in [-0.1, -0.05) is 0 Å². The molecule has 1 aromatic carbocycles. The standard InChI is InChI=1S/C12H13F5N2/c1-11(2)5-18-9-3-7(13)8(14)4-10(9)19(11)6-12(15,16)17/h3-4,18H,5-6H2,1-2H3. The van der Waals surface area contributed by atoms with Crippen LogP contribution in [-0.4, -0.2) is 24.8 Å². The monoisotopic (exact) mass is 280 g/mol. The zero-order valence-corrected chi connectivity index (χ0v) is 10.4. The smallest absolute Gasteiger partial charge is 0.381 e. The lowest BCUT2D eigenvalue weighted by molar-refractivity contribution is -0.121. The summed E-state index contributed by atoms with van der Waals surface area (Å²) >= 11 is 0. The summed E-state index contributed by atoms with van der Waals surface area (Å²) in [6.07, 6.45) is -4.42. The van der Waals surface area contributed by atoms with Crippen molar-refractivity contribution < 1.29 is 22.0 Å². The number of nitrogens with zero attached hydrogens (tertiary/aromatic N) is 1. The number of nitrogens with one attached hydrogen (secondary N) is 1. The van der Waals surface area contributed by atoms with Crippen LogP contribution in [0.3, 0.4) is 0 Å². The van der Waals surface area contributed by atoms with Crippen LogP contribution in [-0.2, 0) is 0 Å². The number of hydrogen-bond acceptors (Lipinski definition) is 2. The SMILES string of the molecule is CC1(C)CNc2cc(F)c(F)cc2N1CC(F)(F)F. The average molecular weight is 280 g/mol. The van der Waals surface area contributed by atoms with Crippen LogP contribution in [0.2, 0.25) is 0 Å². The van der Waals surface area contributed by atoms with Crippen molar-refractivity contribution in [3.8, 4) is 0 Å². The maximum Gasteiger partial charge on any atom is 0.405 e. The van der Waals surface area contributed by atoms with Crippen molar-refractivity contribution in [3.05, 3.63) is 23.8 Å². The van der Waals surface area contributed by atoms with Gasteiger partial charge >= 0.3 is 6.18 Å². The van der Waals surface area contributed by atoms with Gasteiger partial charge in [0.05, 0.1) is 16.9 Å². The van der Waals surface area contributed by atoms with Crippen molar-refractivity contribution >= 4 is 11.4 Å². The van der Waals surface area contributed by atoms with Crippen molar-refractivity contribution in [2.75, 3.05) is 23.3 Å². The molecule has 106 valence electrons. The summed E-state index contributed by atoms with van der Waals surface area (Å²) in [5, 5.41) is 2.82. The molecule has 0 amide bonds. The maximum absolute atomic E-state index is 13.3. The van der Waals surface area contributed by atoms with E-state index >= 15 is 0 Å². The summed E-state index contributed by atoms with van der Waals surface area (Å²) in [4.78, 5) is 1.04. The molecule has 1 aliphatic heterocycles. The Bertz CT molecular complexity index is 496. The van der Waals surface area contributed by atoms with Gasteiger partial charge in [-0.2, -0.15) is 13.2 Å². The Balaban J connectivity index is 2.48. The van der Waals surface area contributed by atoms with Crippen molar-refractivity contribution in [2.24, 2.45) is 0 Å². The zero-order chi connectivity index (χ0) is 14.4. The second-order valence-corrected chi connectivity index (χ2v) is 5.15. The summed E-state index contributed by atoms with van der Waals surface area (Å²) in [6.45, 7) is 2.22. The van der Waals surface area contributed by atoms with Gasteiger partial charge in [0.25, 0.3) is 0 Å². The quantitative estimate of drug-likeness (QED) is 0.792. The lowest BCUT2D eigenvalue weighted by Gasteiger charge is -2.45. The van der Waals surface area contributed by atoms with Crippen LogP contribution in [0.5, 0.6) is 0 Å². The van der Waals surface area contributed by atoms with E-state index in [1.54, 1.807) is 13.8 Å². The molecule has 2 rings (SSSR count). The number of rotatable bonds is 1. The van der Waals surface area contributed by atoms with Gasteiger partial charge in [0.15, 0.2) is 11.6 Å². The topological polar surface area (TPSA) is 15.3 Å². The van der Waals surface area contributed by atoms with Crippen LogP contribution in [0.15, 0.2) is 12.1 Å². The van der Waals surface area contributed by atoms with Crippen LogP contribution < -0.4 is 10.2 Å². The number of halogens is 5. The molecule has 0 radical (unpaired) electrons. The maximum atomic E-state index is 13.3.